The van der Waals surface area contributed by atoms with E-state index in [0.717, 1.165) is 29.9 Å². The second kappa shape index (κ2) is 8.59. The van der Waals surface area contributed by atoms with E-state index in [1.54, 1.807) is 16.8 Å². The first-order chi connectivity index (χ1) is 13.4. The van der Waals surface area contributed by atoms with E-state index in [2.05, 4.69) is 43.1 Å². The molecule has 1 saturated heterocycles. The number of carbonyl (C=O) groups is 2. The summed E-state index contributed by atoms with van der Waals surface area (Å²) in [5.41, 5.74) is 4.05. The number of amides is 2. The molecule has 28 heavy (non-hydrogen) atoms. The average molecular weight is 383 g/mol. The Morgan fingerprint density at radius 3 is 2.68 bits per heavy atom. The van der Waals surface area contributed by atoms with Crippen LogP contribution in [-0.2, 0) is 22.6 Å². The zero-order chi connectivity index (χ0) is 20.3. The number of hydrogen-bond donors (Lipinski definition) is 1. The molecule has 3 rings (SSSR count). The molecule has 1 aromatic heterocycles. The van der Waals surface area contributed by atoms with Crippen molar-refractivity contribution < 1.29 is 9.59 Å². The Morgan fingerprint density at radius 2 is 2.04 bits per heavy atom. The van der Waals surface area contributed by atoms with Crippen molar-refractivity contribution in [3.63, 3.8) is 0 Å². The zero-order valence-corrected chi connectivity index (χ0v) is 17.2. The molecule has 6 heteroatoms. The van der Waals surface area contributed by atoms with Crippen molar-refractivity contribution in [1.29, 1.82) is 0 Å². The first-order valence-electron chi connectivity index (χ1n) is 10.1. The summed E-state index contributed by atoms with van der Waals surface area (Å²) >= 11 is 0. The van der Waals surface area contributed by atoms with E-state index in [0.29, 0.717) is 19.0 Å². The van der Waals surface area contributed by atoms with Crippen LogP contribution in [-0.4, -0.2) is 40.5 Å². The van der Waals surface area contributed by atoms with Gasteiger partial charge in [-0.2, -0.15) is 5.10 Å². The summed E-state index contributed by atoms with van der Waals surface area (Å²) < 4.78 is 0. The van der Waals surface area contributed by atoms with E-state index in [9.17, 15) is 9.59 Å². The molecule has 2 heterocycles. The third-order valence-electron chi connectivity index (χ3n) is 5.32. The summed E-state index contributed by atoms with van der Waals surface area (Å²) in [5.74, 6) is 0.157. The minimum atomic E-state index is -0.305. The number of rotatable bonds is 7. The standard InChI is InChI=1S/C22H30N4O2/c1-5-6-18-12-19(24-23-18)14-25(4)22(28)17-11-21(27)26(13-17)20-9-7-16(8-10-20)15(2)3/h7-10,12,15,17H,5-6,11,13-14H2,1-4H3,(H,23,24)/t17-/m1/s1. The molecule has 0 radical (unpaired) electrons. The number of benzene rings is 1. The van der Waals surface area contributed by atoms with Crippen LogP contribution in [0.2, 0.25) is 0 Å². The molecule has 2 aromatic rings. The molecule has 1 aliphatic rings. The van der Waals surface area contributed by atoms with Crippen LogP contribution in [0.3, 0.4) is 0 Å². The number of nitrogens with zero attached hydrogens (tertiary/aromatic N) is 3. The predicted octanol–water partition coefficient (Wildman–Crippen LogP) is 3.50. The number of aromatic amines is 1. The highest BCUT2D eigenvalue weighted by Gasteiger charge is 2.36. The Morgan fingerprint density at radius 1 is 1.32 bits per heavy atom. The predicted molar refractivity (Wildman–Crippen MR) is 110 cm³/mol. The lowest BCUT2D eigenvalue weighted by molar-refractivity contribution is -0.135. The number of nitrogens with one attached hydrogen (secondary N) is 1. The SMILES string of the molecule is CCCc1cc(CN(C)C(=O)[C@@H]2CC(=O)N(c3ccc(C(C)C)cc3)C2)[nH]n1. The summed E-state index contributed by atoms with van der Waals surface area (Å²) in [7, 11) is 1.78. The van der Waals surface area contributed by atoms with Crippen molar-refractivity contribution in [3.8, 4) is 0 Å². The second-order valence-corrected chi connectivity index (χ2v) is 7.98. The summed E-state index contributed by atoms with van der Waals surface area (Å²) in [5, 5.41) is 7.28. The van der Waals surface area contributed by atoms with Crippen molar-refractivity contribution in [2.24, 2.45) is 5.92 Å². The molecule has 150 valence electrons. The van der Waals surface area contributed by atoms with Gasteiger partial charge in [0, 0.05) is 25.7 Å². The Bertz CT molecular complexity index is 825. The van der Waals surface area contributed by atoms with Crippen LogP contribution < -0.4 is 4.90 Å². The number of anilines is 1. The highest BCUT2D eigenvalue weighted by molar-refractivity contribution is 6.00. The van der Waals surface area contributed by atoms with Crippen molar-refractivity contribution in [2.45, 2.75) is 52.5 Å². The Hall–Kier alpha value is -2.63. The minimum absolute atomic E-state index is 0.00120. The average Bonchev–Trinajstić information content (AvgIpc) is 3.28. The van der Waals surface area contributed by atoms with Gasteiger partial charge in [0.1, 0.15) is 0 Å². The van der Waals surface area contributed by atoms with Crippen LogP contribution in [0.4, 0.5) is 5.69 Å². The molecular weight excluding hydrogens is 352 g/mol. The van der Waals surface area contributed by atoms with Crippen molar-refractivity contribution in [1.82, 2.24) is 15.1 Å². The van der Waals surface area contributed by atoms with Gasteiger partial charge in [0.2, 0.25) is 11.8 Å². The Balaban J connectivity index is 1.62. The largest absolute Gasteiger partial charge is 0.340 e. The molecule has 0 bridgehead atoms. The fourth-order valence-corrected chi connectivity index (χ4v) is 3.68. The van der Waals surface area contributed by atoms with Gasteiger partial charge in [-0.05, 0) is 36.1 Å². The van der Waals surface area contributed by atoms with Crippen LogP contribution in [0.1, 0.15) is 56.5 Å². The summed E-state index contributed by atoms with van der Waals surface area (Å²) in [6.45, 7) is 7.32. The highest BCUT2D eigenvalue weighted by Crippen LogP contribution is 2.28. The summed E-state index contributed by atoms with van der Waals surface area (Å²) in [6.07, 6.45) is 2.23. The molecule has 1 aromatic carbocycles. The maximum Gasteiger partial charge on any atom is 0.228 e. The molecule has 0 saturated carbocycles. The molecule has 0 aliphatic carbocycles. The number of H-pyrrole nitrogens is 1. The molecule has 0 unspecified atom stereocenters. The quantitative estimate of drug-likeness (QED) is 0.797. The Labute approximate surface area is 166 Å². The van der Waals surface area contributed by atoms with E-state index in [4.69, 9.17) is 0 Å². The van der Waals surface area contributed by atoms with Gasteiger partial charge in [-0.3, -0.25) is 14.7 Å². The topological polar surface area (TPSA) is 69.3 Å². The maximum atomic E-state index is 12.9. The van der Waals surface area contributed by atoms with E-state index in [-0.39, 0.29) is 24.2 Å². The summed E-state index contributed by atoms with van der Waals surface area (Å²) in [6, 6.07) is 10.1. The first kappa shape index (κ1) is 20.1. The van der Waals surface area contributed by atoms with E-state index in [1.807, 2.05) is 18.2 Å². The van der Waals surface area contributed by atoms with Crippen molar-refractivity contribution >= 4 is 17.5 Å². The van der Waals surface area contributed by atoms with Gasteiger partial charge in [-0.15, -0.1) is 0 Å². The lowest BCUT2D eigenvalue weighted by Crippen LogP contribution is -2.34. The van der Waals surface area contributed by atoms with Gasteiger partial charge in [-0.1, -0.05) is 39.3 Å². The van der Waals surface area contributed by atoms with Gasteiger partial charge in [-0.25, -0.2) is 0 Å². The van der Waals surface area contributed by atoms with E-state index in [1.165, 1.54) is 5.56 Å². The van der Waals surface area contributed by atoms with Gasteiger partial charge in [0.15, 0.2) is 0 Å². The minimum Gasteiger partial charge on any atom is -0.340 e. The normalized spacial score (nSPS) is 16.8. The number of hydrogen-bond acceptors (Lipinski definition) is 3. The van der Waals surface area contributed by atoms with Crippen LogP contribution in [0.15, 0.2) is 30.3 Å². The third-order valence-corrected chi connectivity index (χ3v) is 5.32. The van der Waals surface area contributed by atoms with Gasteiger partial charge < -0.3 is 9.80 Å². The molecule has 1 atom stereocenters. The third kappa shape index (κ3) is 4.43. The molecule has 0 spiro atoms. The monoisotopic (exact) mass is 382 g/mol. The number of aromatic nitrogens is 2. The van der Waals surface area contributed by atoms with E-state index < -0.39 is 0 Å². The second-order valence-electron chi connectivity index (χ2n) is 7.98. The molecule has 6 nitrogen and oxygen atoms in total. The maximum absolute atomic E-state index is 12.9. The van der Waals surface area contributed by atoms with Crippen LogP contribution in [0, 0.1) is 5.92 Å². The molecule has 1 N–H and O–H groups in total. The van der Waals surface area contributed by atoms with Gasteiger partial charge in [0.05, 0.1) is 23.9 Å². The lowest BCUT2D eigenvalue weighted by atomic mass is 10.0. The van der Waals surface area contributed by atoms with Crippen LogP contribution in [0.25, 0.3) is 0 Å². The molecule has 1 fully saturated rings. The first-order valence-corrected chi connectivity index (χ1v) is 10.1. The zero-order valence-electron chi connectivity index (χ0n) is 17.2. The smallest absolute Gasteiger partial charge is 0.228 e. The molecule has 2 amide bonds. The highest BCUT2D eigenvalue weighted by atomic mass is 16.2. The molecule has 1 aliphatic heterocycles. The van der Waals surface area contributed by atoms with Crippen molar-refractivity contribution in [2.75, 3.05) is 18.5 Å². The van der Waals surface area contributed by atoms with Crippen LogP contribution in [0.5, 0.6) is 0 Å². The van der Waals surface area contributed by atoms with Gasteiger partial charge in [0.25, 0.3) is 0 Å². The van der Waals surface area contributed by atoms with Crippen molar-refractivity contribution in [3.05, 3.63) is 47.3 Å². The Kier molecular flexibility index (Phi) is 6.17. The van der Waals surface area contributed by atoms with Gasteiger partial charge >= 0.3 is 0 Å². The lowest BCUT2D eigenvalue weighted by Gasteiger charge is -2.21. The fraction of sp³-hybridized carbons (Fsp3) is 0.500. The number of carbonyl (C=O) groups excluding carboxylic acids is 2. The van der Waals surface area contributed by atoms with E-state index >= 15 is 0 Å². The fourth-order valence-electron chi connectivity index (χ4n) is 3.68. The molecular formula is C22H30N4O2. The summed E-state index contributed by atoms with van der Waals surface area (Å²) in [4.78, 5) is 28.8. The number of aryl methyl sites for hydroxylation is 1. The van der Waals surface area contributed by atoms with Crippen LogP contribution >= 0.6 is 0 Å².